The zero-order chi connectivity index (χ0) is 24.8. The lowest BCUT2D eigenvalue weighted by molar-refractivity contribution is 0.0996. The van der Waals surface area contributed by atoms with E-state index in [1.807, 2.05) is 20.8 Å². The highest BCUT2D eigenvalue weighted by atomic mass is 79.9. The summed E-state index contributed by atoms with van der Waals surface area (Å²) in [6, 6.07) is 1.50. The van der Waals surface area contributed by atoms with E-state index >= 15 is 0 Å². The standard InChI is InChI=1S/C20H26BrF2N5O4S/c1-20(2,3)26-8-11(29)4-5-25-19(31)27-18-15(16(24)30)17(28-33-18)32-9-12-13(22)6-10(21)7-14(12)23/h6-7,11,26,29H,4-5,8-9H2,1-3H3,(H2,24,30)(H2,25,27,31). The molecule has 3 amide bonds. The molecule has 0 aliphatic carbocycles. The van der Waals surface area contributed by atoms with Crippen LogP contribution >= 0.6 is 27.5 Å². The summed E-state index contributed by atoms with van der Waals surface area (Å²) in [5.41, 5.74) is 4.66. The number of primary amides is 1. The number of hydrogen-bond donors (Lipinski definition) is 5. The number of aromatic nitrogens is 1. The van der Waals surface area contributed by atoms with Crippen LogP contribution in [0.4, 0.5) is 18.6 Å². The fourth-order valence-corrected chi connectivity index (χ4v) is 3.69. The Balaban J connectivity index is 1.95. The Morgan fingerprint density at radius 1 is 1.30 bits per heavy atom. The smallest absolute Gasteiger partial charge is 0.319 e. The molecule has 0 saturated carbocycles. The Labute approximate surface area is 202 Å². The van der Waals surface area contributed by atoms with Crippen molar-refractivity contribution in [2.24, 2.45) is 5.73 Å². The topological polar surface area (TPSA) is 139 Å². The second-order valence-electron chi connectivity index (χ2n) is 8.15. The zero-order valence-electron chi connectivity index (χ0n) is 18.3. The molecule has 1 unspecified atom stereocenters. The van der Waals surface area contributed by atoms with Crippen LogP contribution < -0.4 is 26.4 Å². The van der Waals surface area contributed by atoms with Gasteiger partial charge >= 0.3 is 6.03 Å². The van der Waals surface area contributed by atoms with Gasteiger partial charge in [-0.3, -0.25) is 10.1 Å². The molecule has 9 nitrogen and oxygen atoms in total. The molecule has 1 aromatic heterocycles. The van der Waals surface area contributed by atoms with Crippen LogP contribution in [0.3, 0.4) is 0 Å². The molecule has 0 aliphatic heterocycles. The molecule has 33 heavy (non-hydrogen) atoms. The third-order valence-electron chi connectivity index (χ3n) is 4.22. The minimum atomic E-state index is -0.936. The van der Waals surface area contributed by atoms with Crippen molar-refractivity contribution >= 4 is 44.4 Å². The number of carbonyl (C=O) groups excluding carboxylic acids is 2. The summed E-state index contributed by atoms with van der Waals surface area (Å²) < 4.78 is 37.4. The predicted molar refractivity (Wildman–Crippen MR) is 124 cm³/mol. The van der Waals surface area contributed by atoms with Gasteiger partial charge in [0.05, 0.1) is 11.7 Å². The first-order chi connectivity index (χ1) is 15.4. The minimum absolute atomic E-state index is 0.0155. The quantitative estimate of drug-likeness (QED) is 0.308. The Hall–Kier alpha value is -2.35. The van der Waals surface area contributed by atoms with Crippen molar-refractivity contribution in [2.45, 2.75) is 45.4 Å². The first-order valence-corrected chi connectivity index (χ1v) is 11.5. The van der Waals surface area contributed by atoms with Gasteiger partial charge in [0.15, 0.2) is 0 Å². The Bertz CT molecular complexity index is 976. The number of rotatable bonds is 10. The van der Waals surface area contributed by atoms with Crippen LogP contribution in [0.15, 0.2) is 16.6 Å². The Morgan fingerprint density at radius 3 is 2.52 bits per heavy atom. The number of halogens is 3. The van der Waals surface area contributed by atoms with Gasteiger partial charge in [0, 0.05) is 23.1 Å². The number of nitrogens with two attached hydrogens (primary N) is 1. The maximum Gasteiger partial charge on any atom is 0.319 e. The predicted octanol–water partition coefficient (Wildman–Crippen LogP) is 3.12. The number of carbonyl (C=O) groups is 2. The van der Waals surface area contributed by atoms with Crippen LogP contribution in [0.2, 0.25) is 0 Å². The summed E-state index contributed by atoms with van der Waals surface area (Å²) in [5.74, 6) is -2.87. The van der Waals surface area contributed by atoms with Crippen molar-refractivity contribution in [3.63, 3.8) is 0 Å². The molecule has 1 aromatic carbocycles. The maximum atomic E-state index is 14.0. The highest BCUT2D eigenvalue weighted by molar-refractivity contribution is 9.10. The lowest BCUT2D eigenvalue weighted by atomic mass is 10.1. The van der Waals surface area contributed by atoms with Gasteiger partial charge < -0.3 is 26.2 Å². The molecular formula is C20H26BrF2N5O4S. The summed E-state index contributed by atoms with van der Waals surface area (Å²) in [6.07, 6.45) is -0.353. The number of hydrogen-bond acceptors (Lipinski definition) is 7. The molecule has 0 aliphatic rings. The van der Waals surface area contributed by atoms with Crippen molar-refractivity contribution in [1.29, 1.82) is 0 Å². The third-order valence-corrected chi connectivity index (χ3v) is 5.43. The van der Waals surface area contributed by atoms with E-state index in [1.165, 1.54) is 0 Å². The first kappa shape index (κ1) is 26.9. The molecule has 6 N–H and O–H groups in total. The lowest BCUT2D eigenvalue weighted by Gasteiger charge is -2.22. The van der Waals surface area contributed by atoms with Gasteiger partial charge in [0.25, 0.3) is 5.91 Å². The van der Waals surface area contributed by atoms with E-state index in [0.29, 0.717) is 13.0 Å². The van der Waals surface area contributed by atoms with E-state index in [-0.39, 0.29) is 38.6 Å². The largest absolute Gasteiger partial charge is 0.471 e. The van der Waals surface area contributed by atoms with Gasteiger partial charge in [-0.05, 0) is 50.9 Å². The van der Waals surface area contributed by atoms with Crippen molar-refractivity contribution in [2.75, 3.05) is 18.4 Å². The average molecular weight is 550 g/mol. The number of benzene rings is 1. The van der Waals surface area contributed by atoms with Crippen LogP contribution in [0.5, 0.6) is 5.88 Å². The van der Waals surface area contributed by atoms with E-state index in [1.54, 1.807) is 0 Å². The number of β-amino-alcohol motifs (C(OH)–C–C–N with tert-alkyl or cyclic N) is 1. The molecule has 1 atom stereocenters. The fourth-order valence-electron chi connectivity index (χ4n) is 2.55. The van der Waals surface area contributed by atoms with Gasteiger partial charge in [-0.1, -0.05) is 15.9 Å². The normalized spacial score (nSPS) is 12.3. The van der Waals surface area contributed by atoms with Crippen molar-refractivity contribution < 1.29 is 28.2 Å². The molecule has 2 aromatic rings. The number of amides is 3. The van der Waals surface area contributed by atoms with Crippen LogP contribution in [0.1, 0.15) is 43.1 Å². The van der Waals surface area contributed by atoms with Crippen LogP contribution in [0.25, 0.3) is 0 Å². The SMILES string of the molecule is CC(C)(C)NCC(O)CCNC(=O)Nc1snc(OCc2c(F)cc(Br)cc2F)c1C(N)=O. The summed E-state index contributed by atoms with van der Waals surface area (Å²) in [5, 5.41) is 18.1. The molecule has 0 radical (unpaired) electrons. The number of aliphatic hydroxyl groups is 1. The number of urea groups is 1. The van der Waals surface area contributed by atoms with Crippen molar-refractivity contribution in [1.82, 2.24) is 15.0 Å². The Kier molecular flexibility index (Phi) is 9.52. The molecule has 182 valence electrons. The number of nitrogens with one attached hydrogen (secondary N) is 3. The molecule has 0 spiro atoms. The van der Waals surface area contributed by atoms with Crippen LogP contribution in [-0.2, 0) is 6.61 Å². The summed E-state index contributed by atoms with van der Waals surface area (Å²) in [7, 11) is 0. The average Bonchev–Trinajstić information content (AvgIpc) is 3.07. The lowest BCUT2D eigenvalue weighted by Crippen LogP contribution is -2.42. The van der Waals surface area contributed by atoms with Gasteiger partial charge in [-0.15, -0.1) is 0 Å². The summed E-state index contributed by atoms with van der Waals surface area (Å²) in [4.78, 5) is 24.0. The van der Waals surface area contributed by atoms with Gasteiger partial charge in [-0.2, -0.15) is 4.37 Å². The zero-order valence-corrected chi connectivity index (χ0v) is 20.7. The molecule has 13 heteroatoms. The maximum absolute atomic E-state index is 14.0. The highest BCUT2D eigenvalue weighted by Gasteiger charge is 2.23. The summed E-state index contributed by atoms with van der Waals surface area (Å²) in [6.45, 7) is 5.92. The van der Waals surface area contributed by atoms with Crippen molar-refractivity contribution in [3.05, 3.63) is 39.4 Å². The molecule has 2 rings (SSSR count). The Morgan fingerprint density at radius 2 is 1.94 bits per heavy atom. The van der Waals surface area contributed by atoms with Crippen molar-refractivity contribution in [3.8, 4) is 5.88 Å². The van der Waals surface area contributed by atoms with E-state index in [0.717, 1.165) is 23.7 Å². The van der Waals surface area contributed by atoms with Gasteiger partial charge in [-0.25, -0.2) is 13.6 Å². The monoisotopic (exact) mass is 549 g/mol. The van der Waals surface area contributed by atoms with Gasteiger partial charge in [0.2, 0.25) is 5.88 Å². The van der Waals surface area contributed by atoms with E-state index in [4.69, 9.17) is 10.5 Å². The number of anilines is 1. The molecular weight excluding hydrogens is 524 g/mol. The van der Waals surface area contributed by atoms with Crippen LogP contribution in [0, 0.1) is 11.6 Å². The third kappa shape index (κ3) is 8.50. The molecule has 1 heterocycles. The fraction of sp³-hybridized carbons (Fsp3) is 0.450. The first-order valence-electron chi connectivity index (χ1n) is 9.91. The second kappa shape index (κ2) is 11.7. The molecule has 0 fully saturated rings. The van der Waals surface area contributed by atoms with Gasteiger partial charge in [0.1, 0.15) is 28.8 Å². The van der Waals surface area contributed by atoms with E-state index < -0.39 is 36.3 Å². The second-order valence-corrected chi connectivity index (χ2v) is 9.84. The van der Waals surface area contributed by atoms with E-state index in [9.17, 15) is 23.5 Å². The number of ether oxygens (including phenoxy) is 1. The number of aliphatic hydroxyl groups excluding tert-OH is 1. The van der Waals surface area contributed by atoms with Crippen LogP contribution in [-0.4, -0.2) is 46.2 Å². The number of nitrogens with zero attached hydrogens (tertiary/aromatic N) is 1. The van der Waals surface area contributed by atoms with E-state index in [2.05, 4.69) is 36.3 Å². The summed E-state index contributed by atoms with van der Waals surface area (Å²) >= 11 is 3.71. The molecule has 0 saturated heterocycles. The highest BCUT2D eigenvalue weighted by Crippen LogP contribution is 2.31. The minimum Gasteiger partial charge on any atom is -0.471 e. The molecule has 0 bridgehead atoms.